The van der Waals surface area contributed by atoms with Crippen molar-refractivity contribution in [3.8, 4) is 11.4 Å². The lowest BCUT2D eigenvalue weighted by atomic mass is 9.97. The van der Waals surface area contributed by atoms with Gasteiger partial charge in [0, 0.05) is 46.6 Å². The molecule has 0 saturated heterocycles. The number of rotatable bonds is 5. The first-order chi connectivity index (χ1) is 16.2. The van der Waals surface area contributed by atoms with Crippen LogP contribution >= 0.6 is 7.14 Å². The third kappa shape index (κ3) is 4.08. The van der Waals surface area contributed by atoms with Crippen LogP contribution in [0.1, 0.15) is 18.7 Å². The number of aliphatic imine (C=N–C) groups is 1. The highest BCUT2D eigenvalue weighted by molar-refractivity contribution is 7.85. The largest absolute Gasteiger partial charge is 0.309 e. The molecule has 3 aromatic heterocycles. The van der Waals surface area contributed by atoms with Gasteiger partial charge in [0.25, 0.3) is 0 Å². The Morgan fingerprint density at radius 1 is 0.727 bits per heavy atom. The van der Waals surface area contributed by atoms with Gasteiger partial charge in [-0.25, -0.2) is 0 Å². The van der Waals surface area contributed by atoms with Crippen molar-refractivity contribution in [3.63, 3.8) is 0 Å². The van der Waals surface area contributed by atoms with Crippen molar-refractivity contribution in [3.05, 3.63) is 109 Å². The quantitative estimate of drug-likeness (QED) is 0.420. The van der Waals surface area contributed by atoms with E-state index in [-0.39, 0.29) is 12.0 Å². The fourth-order valence-corrected chi connectivity index (χ4v) is 6.53. The number of hydrogen-bond donors (Lipinski definition) is 0. The van der Waals surface area contributed by atoms with Crippen LogP contribution in [0.5, 0.6) is 0 Å². The molecule has 0 radical (unpaired) electrons. The highest BCUT2D eigenvalue weighted by Crippen LogP contribution is 2.42. The molecule has 33 heavy (non-hydrogen) atoms. The SMILES string of the molecule is CC1C=CC=NC1c1ccc(P(=O)(c2ccccc2)c2ccc(-c3ccccn3)nc2)cn1. The summed E-state index contributed by atoms with van der Waals surface area (Å²) in [7, 11) is -3.16. The summed E-state index contributed by atoms with van der Waals surface area (Å²) >= 11 is 0. The number of pyridine rings is 3. The van der Waals surface area contributed by atoms with Gasteiger partial charge < -0.3 is 4.57 Å². The molecular formula is C27H23N4OP. The predicted molar refractivity (Wildman–Crippen MR) is 134 cm³/mol. The van der Waals surface area contributed by atoms with Crippen molar-refractivity contribution in [2.24, 2.45) is 10.9 Å². The van der Waals surface area contributed by atoms with Crippen LogP contribution in [0, 0.1) is 5.92 Å². The molecule has 1 aliphatic heterocycles. The van der Waals surface area contributed by atoms with E-state index < -0.39 is 7.14 Å². The molecule has 0 aliphatic carbocycles. The lowest BCUT2D eigenvalue weighted by Crippen LogP contribution is -2.26. The predicted octanol–water partition coefficient (Wildman–Crippen LogP) is 4.50. The zero-order valence-electron chi connectivity index (χ0n) is 18.2. The summed E-state index contributed by atoms with van der Waals surface area (Å²) in [6, 6.07) is 22.8. The molecule has 0 saturated carbocycles. The van der Waals surface area contributed by atoms with Crippen LogP contribution in [-0.4, -0.2) is 21.2 Å². The molecule has 4 aromatic rings. The Morgan fingerprint density at radius 3 is 2.09 bits per heavy atom. The summed E-state index contributed by atoms with van der Waals surface area (Å²) in [6.07, 6.45) is 11.1. The molecule has 3 atom stereocenters. The van der Waals surface area contributed by atoms with Gasteiger partial charge in [-0.2, -0.15) is 0 Å². The molecule has 0 spiro atoms. The van der Waals surface area contributed by atoms with Crippen LogP contribution in [0.2, 0.25) is 0 Å². The van der Waals surface area contributed by atoms with Gasteiger partial charge >= 0.3 is 0 Å². The molecule has 6 heteroatoms. The van der Waals surface area contributed by atoms with Gasteiger partial charge in [-0.1, -0.05) is 49.4 Å². The smallest absolute Gasteiger partial charge is 0.174 e. The maximum Gasteiger partial charge on any atom is 0.174 e. The van der Waals surface area contributed by atoms with E-state index in [1.165, 1.54) is 0 Å². The molecule has 0 fully saturated rings. The van der Waals surface area contributed by atoms with Gasteiger partial charge in [-0.15, -0.1) is 0 Å². The van der Waals surface area contributed by atoms with E-state index in [1.54, 1.807) is 18.6 Å². The van der Waals surface area contributed by atoms with Gasteiger partial charge in [-0.3, -0.25) is 19.9 Å². The molecule has 1 aliphatic rings. The number of hydrogen-bond acceptors (Lipinski definition) is 5. The van der Waals surface area contributed by atoms with Gasteiger partial charge in [0.1, 0.15) is 0 Å². The first-order valence-electron chi connectivity index (χ1n) is 10.9. The minimum Gasteiger partial charge on any atom is -0.309 e. The molecule has 0 amide bonds. The van der Waals surface area contributed by atoms with Crippen LogP contribution in [0.15, 0.2) is 109 Å². The molecule has 5 rings (SSSR count). The average Bonchev–Trinajstić information content (AvgIpc) is 2.90. The minimum atomic E-state index is -3.16. The molecular weight excluding hydrogens is 427 g/mol. The average molecular weight is 450 g/mol. The van der Waals surface area contributed by atoms with Crippen LogP contribution in [0.4, 0.5) is 0 Å². The van der Waals surface area contributed by atoms with Gasteiger partial charge in [-0.05, 0) is 42.5 Å². The van der Waals surface area contributed by atoms with Gasteiger partial charge in [0.2, 0.25) is 0 Å². The van der Waals surface area contributed by atoms with Crippen molar-refractivity contribution in [1.82, 2.24) is 15.0 Å². The Morgan fingerprint density at radius 2 is 1.45 bits per heavy atom. The van der Waals surface area contributed by atoms with Crippen molar-refractivity contribution in [2.75, 3.05) is 0 Å². The Balaban J connectivity index is 1.56. The fourth-order valence-electron chi connectivity index (χ4n) is 4.04. The highest BCUT2D eigenvalue weighted by Gasteiger charge is 2.31. The number of allylic oxidation sites excluding steroid dienone is 1. The Labute approximate surface area is 193 Å². The molecule has 3 unspecified atom stereocenters. The van der Waals surface area contributed by atoms with Gasteiger partial charge in [0.15, 0.2) is 7.14 Å². The summed E-state index contributed by atoms with van der Waals surface area (Å²) in [5, 5.41) is 2.08. The van der Waals surface area contributed by atoms with E-state index in [0.717, 1.165) is 22.4 Å². The fraction of sp³-hybridized carbons (Fsp3) is 0.111. The molecule has 5 nitrogen and oxygen atoms in total. The van der Waals surface area contributed by atoms with Crippen molar-refractivity contribution in [1.29, 1.82) is 0 Å². The van der Waals surface area contributed by atoms with E-state index >= 15 is 0 Å². The second-order valence-electron chi connectivity index (χ2n) is 7.99. The van der Waals surface area contributed by atoms with E-state index in [0.29, 0.717) is 10.6 Å². The first kappa shape index (κ1) is 21.2. The number of aromatic nitrogens is 3. The van der Waals surface area contributed by atoms with E-state index in [1.807, 2.05) is 85.1 Å². The zero-order chi connectivity index (χ0) is 22.7. The molecule has 4 heterocycles. The standard InChI is InChI=1S/C27H23N4OP/c1-20-8-7-17-29-27(20)26-15-13-23(19-31-26)33(32,21-9-3-2-4-10-21)22-12-14-25(30-18-22)24-11-5-6-16-28-24/h2-20,27H,1H3. The van der Waals surface area contributed by atoms with E-state index in [2.05, 4.69) is 32.9 Å². The number of nitrogens with zero attached hydrogens (tertiary/aromatic N) is 4. The van der Waals surface area contributed by atoms with Crippen LogP contribution < -0.4 is 15.9 Å². The lowest BCUT2D eigenvalue weighted by Gasteiger charge is -2.22. The Bertz CT molecular complexity index is 1330. The second kappa shape index (κ2) is 9.05. The van der Waals surface area contributed by atoms with Crippen LogP contribution in [0.25, 0.3) is 11.4 Å². The normalized spacial score (nSPS) is 19.2. The van der Waals surface area contributed by atoms with Crippen LogP contribution in [-0.2, 0) is 4.57 Å². The van der Waals surface area contributed by atoms with Crippen molar-refractivity contribution in [2.45, 2.75) is 13.0 Å². The highest BCUT2D eigenvalue weighted by atomic mass is 31.2. The third-order valence-corrected chi connectivity index (χ3v) is 8.85. The molecule has 0 N–H and O–H groups in total. The lowest BCUT2D eigenvalue weighted by molar-refractivity contribution is 0.553. The first-order valence-corrected chi connectivity index (χ1v) is 12.6. The summed E-state index contributed by atoms with van der Waals surface area (Å²) in [5.41, 5.74) is 2.39. The van der Waals surface area contributed by atoms with E-state index in [9.17, 15) is 4.57 Å². The minimum absolute atomic E-state index is 0.0283. The zero-order valence-corrected chi connectivity index (χ0v) is 19.1. The van der Waals surface area contributed by atoms with Gasteiger partial charge in [0.05, 0.1) is 23.1 Å². The topological polar surface area (TPSA) is 68.1 Å². The summed E-state index contributed by atoms with van der Waals surface area (Å²) in [6.45, 7) is 2.12. The second-order valence-corrected chi connectivity index (χ2v) is 10.8. The monoisotopic (exact) mass is 450 g/mol. The maximum atomic E-state index is 14.7. The maximum absolute atomic E-state index is 14.7. The molecule has 162 valence electrons. The number of benzene rings is 1. The van der Waals surface area contributed by atoms with E-state index in [4.69, 9.17) is 0 Å². The molecule has 0 bridgehead atoms. The molecule has 1 aromatic carbocycles. The van der Waals surface area contributed by atoms with Crippen molar-refractivity contribution < 1.29 is 4.57 Å². The Hall–Kier alpha value is -3.69. The number of dihydropyridines is 1. The third-order valence-electron chi connectivity index (χ3n) is 5.84. The van der Waals surface area contributed by atoms with Crippen LogP contribution in [0.3, 0.4) is 0 Å². The van der Waals surface area contributed by atoms with Crippen molar-refractivity contribution >= 4 is 29.3 Å². The summed E-state index contributed by atoms with van der Waals surface area (Å²) < 4.78 is 14.7. The summed E-state index contributed by atoms with van der Waals surface area (Å²) in [5.74, 6) is 0.262. The summed E-state index contributed by atoms with van der Waals surface area (Å²) in [4.78, 5) is 18.2. The Kier molecular flexibility index (Phi) is 5.80.